The topological polar surface area (TPSA) is 86.7 Å². The Bertz CT molecular complexity index is 1020. The second kappa shape index (κ2) is 8.20. The molecule has 154 valence electrons. The highest BCUT2D eigenvalue weighted by molar-refractivity contribution is 7.20. The third-order valence-electron chi connectivity index (χ3n) is 4.55. The number of fused-ring (bicyclic) bond motifs is 2. The standard InChI is InChI=1S/C21H22O6S2/c1-6-26-20(24)16-10(5)12-14(22)13-11(8-9(3)4)17(21(25)27-7-2)29-19(13)15(23)18(12)28-16/h9H,6-8H2,1-5H3. The SMILES string of the molecule is CCOC(=O)c1sc2c(c1C)C(=O)c1c(sc(C(=O)OCC)c1CC(C)C)C2=O. The average molecular weight is 435 g/mol. The molecule has 2 aromatic rings. The van der Waals surface area contributed by atoms with E-state index in [0.717, 1.165) is 22.7 Å². The van der Waals surface area contributed by atoms with Crippen molar-refractivity contribution in [3.63, 3.8) is 0 Å². The minimum absolute atomic E-state index is 0.171. The van der Waals surface area contributed by atoms with Crippen LogP contribution in [0.1, 0.15) is 88.6 Å². The number of carbonyl (C=O) groups excluding carboxylic acids is 4. The van der Waals surface area contributed by atoms with E-state index in [4.69, 9.17) is 9.47 Å². The molecule has 2 heterocycles. The number of esters is 2. The second-order valence-corrected chi connectivity index (χ2v) is 9.11. The lowest BCUT2D eigenvalue weighted by Crippen LogP contribution is -2.19. The predicted molar refractivity (Wildman–Crippen MR) is 111 cm³/mol. The van der Waals surface area contributed by atoms with Gasteiger partial charge in [0.1, 0.15) is 9.75 Å². The van der Waals surface area contributed by atoms with Gasteiger partial charge in [0.15, 0.2) is 5.78 Å². The summed E-state index contributed by atoms with van der Waals surface area (Å²) in [6, 6.07) is 0. The van der Waals surface area contributed by atoms with Crippen LogP contribution in [0.15, 0.2) is 0 Å². The molecule has 0 aliphatic heterocycles. The number of thiophene rings is 2. The van der Waals surface area contributed by atoms with E-state index in [1.807, 2.05) is 13.8 Å². The van der Waals surface area contributed by atoms with Crippen molar-refractivity contribution in [2.45, 2.75) is 41.0 Å². The van der Waals surface area contributed by atoms with E-state index in [1.165, 1.54) is 0 Å². The molecule has 29 heavy (non-hydrogen) atoms. The Morgan fingerprint density at radius 2 is 1.38 bits per heavy atom. The summed E-state index contributed by atoms with van der Waals surface area (Å²) in [7, 11) is 0. The third kappa shape index (κ3) is 3.55. The molecule has 0 saturated carbocycles. The lowest BCUT2D eigenvalue weighted by atomic mass is 9.87. The van der Waals surface area contributed by atoms with Crippen LogP contribution >= 0.6 is 22.7 Å². The van der Waals surface area contributed by atoms with E-state index in [2.05, 4.69) is 0 Å². The summed E-state index contributed by atoms with van der Waals surface area (Å²) in [6.07, 6.45) is 0.474. The van der Waals surface area contributed by atoms with E-state index < -0.39 is 11.9 Å². The summed E-state index contributed by atoms with van der Waals surface area (Å²) in [5.74, 6) is -1.53. The lowest BCUT2D eigenvalue weighted by molar-refractivity contribution is 0.0521. The monoisotopic (exact) mass is 434 g/mol. The number of carbonyl (C=O) groups is 4. The molecule has 0 amide bonds. The highest BCUT2D eigenvalue weighted by atomic mass is 32.1. The van der Waals surface area contributed by atoms with Gasteiger partial charge < -0.3 is 9.47 Å². The Kier molecular flexibility index (Phi) is 6.05. The van der Waals surface area contributed by atoms with Gasteiger partial charge in [0.2, 0.25) is 5.78 Å². The van der Waals surface area contributed by atoms with Gasteiger partial charge in [-0.2, -0.15) is 0 Å². The summed E-state index contributed by atoms with van der Waals surface area (Å²) in [5.41, 5.74) is 1.53. The zero-order chi connectivity index (χ0) is 21.5. The smallest absolute Gasteiger partial charge is 0.348 e. The summed E-state index contributed by atoms with van der Waals surface area (Å²) in [6.45, 7) is 9.43. The first-order valence-electron chi connectivity index (χ1n) is 9.45. The van der Waals surface area contributed by atoms with E-state index in [1.54, 1.807) is 20.8 Å². The van der Waals surface area contributed by atoms with Gasteiger partial charge in [-0.25, -0.2) is 9.59 Å². The molecule has 1 aliphatic rings. The molecule has 6 nitrogen and oxygen atoms in total. The maximum atomic E-state index is 13.4. The first kappa shape index (κ1) is 21.4. The molecule has 2 aromatic heterocycles. The van der Waals surface area contributed by atoms with Gasteiger partial charge in [0.05, 0.1) is 23.0 Å². The first-order chi connectivity index (χ1) is 13.7. The van der Waals surface area contributed by atoms with E-state index in [0.29, 0.717) is 22.4 Å². The van der Waals surface area contributed by atoms with E-state index in [-0.39, 0.29) is 56.5 Å². The second-order valence-electron chi connectivity index (χ2n) is 7.07. The summed E-state index contributed by atoms with van der Waals surface area (Å²) < 4.78 is 10.2. The Balaban J connectivity index is 2.20. The van der Waals surface area contributed by atoms with Crippen LogP contribution in [0.3, 0.4) is 0 Å². The molecule has 0 unspecified atom stereocenters. The molecule has 0 atom stereocenters. The number of rotatable bonds is 6. The van der Waals surface area contributed by atoms with Crippen molar-refractivity contribution in [1.82, 2.24) is 0 Å². The number of hydrogen-bond acceptors (Lipinski definition) is 8. The van der Waals surface area contributed by atoms with Crippen LogP contribution in [0.25, 0.3) is 0 Å². The molecule has 8 heteroatoms. The van der Waals surface area contributed by atoms with Gasteiger partial charge in [-0.1, -0.05) is 13.8 Å². The molecule has 0 bridgehead atoms. The molecule has 0 radical (unpaired) electrons. The lowest BCUT2D eigenvalue weighted by Gasteiger charge is -2.14. The fraction of sp³-hybridized carbons (Fsp3) is 0.429. The predicted octanol–water partition coefficient (Wildman–Crippen LogP) is 4.45. The molecule has 3 rings (SSSR count). The average Bonchev–Trinajstić information content (AvgIpc) is 3.19. The van der Waals surface area contributed by atoms with Crippen LogP contribution in [0.4, 0.5) is 0 Å². The fourth-order valence-corrected chi connectivity index (χ4v) is 5.77. The van der Waals surface area contributed by atoms with Crippen molar-refractivity contribution in [1.29, 1.82) is 0 Å². The largest absolute Gasteiger partial charge is 0.462 e. The van der Waals surface area contributed by atoms with Gasteiger partial charge in [-0.05, 0) is 44.2 Å². The van der Waals surface area contributed by atoms with Gasteiger partial charge in [0.25, 0.3) is 0 Å². The van der Waals surface area contributed by atoms with Crippen molar-refractivity contribution in [2.75, 3.05) is 13.2 Å². The molecular formula is C21H22O6S2. The van der Waals surface area contributed by atoms with Crippen molar-refractivity contribution >= 4 is 46.2 Å². The van der Waals surface area contributed by atoms with Crippen LogP contribution in [-0.2, 0) is 15.9 Å². The van der Waals surface area contributed by atoms with Crippen LogP contribution in [0.5, 0.6) is 0 Å². The maximum Gasteiger partial charge on any atom is 0.348 e. The Morgan fingerprint density at radius 3 is 1.93 bits per heavy atom. The zero-order valence-corrected chi connectivity index (χ0v) is 18.6. The summed E-state index contributed by atoms with van der Waals surface area (Å²) in [4.78, 5) is 52.4. The van der Waals surface area contributed by atoms with Crippen molar-refractivity contribution in [2.24, 2.45) is 5.92 Å². The van der Waals surface area contributed by atoms with Crippen LogP contribution in [-0.4, -0.2) is 36.7 Å². The molecule has 0 fully saturated rings. The quantitative estimate of drug-likeness (QED) is 0.533. The summed E-state index contributed by atoms with van der Waals surface area (Å²) in [5, 5.41) is 0. The minimum Gasteiger partial charge on any atom is -0.462 e. The number of hydrogen-bond donors (Lipinski definition) is 0. The van der Waals surface area contributed by atoms with Gasteiger partial charge in [0, 0.05) is 11.1 Å². The Morgan fingerprint density at radius 1 is 0.862 bits per heavy atom. The van der Waals surface area contributed by atoms with Crippen LogP contribution in [0.2, 0.25) is 0 Å². The third-order valence-corrected chi connectivity index (χ3v) is 7.04. The Labute approximate surface area is 176 Å². The minimum atomic E-state index is -0.539. The maximum absolute atomic E-state index is 13.4. The van der Waals surface area contributed by atoms with Crippen LogP contribution in [0, 0.1) is 12.8 Å². The van der Waals surface area contributed by atoms with Crippen molar-refractivity contribution in [3.8, 4) is 0 Å². The van der Waals surface area contributed by atoms with E-state index in [9.17, 15) is 19.2 Å². The Hall–Kier alpha value is -2.32. The normalized spacial score (nSPS) is 12.8. The molecule has 0 spiro atoms. The van der Waals surface area contributed by atoms with Gasteiger partial charge >= 0.3 is 11.9 Å². The van der Waals surface area contributed by atoms with Gasteiger partial charge in [-0.15, -0.1) is 22.7 Å². The molecule has 0 aromatic carbocycles. The molecular weight excluding hydrogens is 412 g/mol. The van der Waals surface area contributed by atoms with Crippen molar-refractivity contribution < 1.29 is 28.7 Å². The molecule has 0 N–H and O–H groups in total. The number of ether oxygens (including phenoxy) is 2. The molecule has 0 saturated heterocycles. The zero-order valence-electron chi connectivity index (χ0n) is 17.0. The fourth-order valence-electron chi connectivity index (χ4n) is 3.40. The first-order valence-corrected chi connectivity index (χ1v) is 11.1. The van der Waals surface area contributed by atoms with Crippen molar-refractivity contribution in [3.05, 3.63) is 41.8 Å². The highest BCUT2D eigenvalue weighted by Gasteiger charge is 2.41. The summed E-state index contributed by atoms with van der Waals surface area (Å²) >= 11 is 1.99. The van der Waals surface area contributed by atoms with E-state index >= 15 is 0 Å². The van der Waals surface area contributed by atoms with Crippen LogP contribution < -0.4 is 0 Å². The highest BCUT2D eigenvalue weighted by Crippen LogP contribution is 2.43. The molecule has 1 aliphatic carbocycles. The number of ketones is 2. The van der Waals surface area contributed by atoms with Gasteiger partial charge in [-0.3, -0.25) is 9.59 Å².